The van der Waals surface area contributed by atoms with Gasteiger partial charge < -0.3 is 0 Å². The highest BCUT2D eigenvalue weighted by atomic mass is 16.1. The predicted molar refractivity (Wildman–Crippen MR) is 77.1 cm³/mol. The summed E-state index contributed by atoms with van der Waals surface area (Å²) in [5.41, 5.74) is 0.135. The molecule has 0 unspecified atom stereocenters. The summed E-state index contributed by atoms with van der Waals surface area (Å²) in [6, 6.07) is 0.257. The topological polar surface area (TPSA) is 26.9 Å². The average molecular weight is 252 g/mol. The highest BCUT2D eigenvalue weighted by Gasteiger charge is 2.05. The Labute approximate surface area is 111 Å². The molecule has 0 saturated heterocycles. The minimum atomic E-state index is 0.135. The average Bonchev–Trinajstić information content (AvgIpc) is 2.70. The van der Waals surface area contributed by atoms with E-state index < -0.39 is 0 Å². The van der Waals surface area contributed by atoms with Gasteiger partial charge in [-0.15, -0.1) is 0 Å². The summed E-state index contributed by atoms with van der Waals surface area (Å²) in [6.07, 6.45) is 12.8. The summed E-state index contributed by atoms with van der Waals surface area (Å²) >= 11 is 0. The molecule has 0 radical (unpaired) electrons. The fourth-order valence-electron chi connectivity index (χ4n) is 2.23. The summed E-state index contributed by atoms with van der Waals surface area (Å²) in [7, 11) is 0. The first-order valence-corrected chi connectivity index (χ1v) is 7.44. The van der Waals surface area contributed by atoms with Crippen molar-refractivity contribution in [1.82, 2.24) is 9.13 Å². The maximum absolute atomic E-state index is 11.9. The summed E-state index contributed by atoms with van der Waals surface area (Å²) < 4.78 is 3.63. The number of aryl methyl sites for hydroxylation is 1. The van der Waals surface area contributed by atoms with Gasteiger partial charge in [0.1, 0.15) is 0 Å². The summed E-state index contributed by atoms with van der Waals surface area (Å²) in [5.74, 6) is 0. The Balaban J connectivity index is 2.22. The number of rotatable bonds is 9. The van der Waals surface area contributed by atoms with Crippen molar-refractivity contribution < 1.29 is 0 Å². The van der Waals surface area contributed by atoms with E-state index in [1.165, 1.54) is 38.5 Å². The lowest BCUT2D eigenvalue weighted by molar-refractivity contribution is 0.518. The second kappa shape index (κ2) is 8.17. The molecule has 3 nitrogen and oxygen atoms in total. The van der Waals surface area contributed by atoms with E-state index in [1.54, 1.807) is 4.57 Å². The molecule has 0 bridgehead atoms. The Hall–Kier alpha value is -0.990. The molecule has 0 saturated carbocycles. The molecule has 0 amide bonds. The lowest BCUT2D eigenvalue weighted by atomic mass is 10.1. The van der Waals surface area contributed by atoms with Crippen LogP contribution in [0.2, 0.25) is 0 Å². The van der Waals surface area contributed by atoms with Crippen molar-refractivity contribution in [3.05, 3.63) is 22.9 Å². The van der Waals surface area contributed by atoms with Crippen molar-refractivity contribution in [2.45, 2.75) is 78.3 Å². The zero-order valence-electron chi connectivity index (χ0n) is 12.2. The number of aromatic nitrogens is 2. The first-order valence-electron chi connectivity index (χ1n) is 7.44. The van der Waals surface area contributed by atoms with Crippen molar-refractivity contribution in [3.63, 3.8) is 0 Å². The van der Waals surface area contributed by atoms with Crippen LogP contribution in [0.4, 0.5) is 0 Å². The molecule has 1 aromatic heterocycles. The largest absolute Gasteiger partial charge is 0.328 e. The minimum Gasteiger partial charge on any atom is -0.299 e. The Morgan fingerprint density at radius 2 is 1.61 bits per heavy atom. The monoisotopic (exact) mass is 252 g/mol. The van der Waals surface area contributed by atoms with Gasteiger partial charge in [0.2, 0.25) is 0 Å². The van der Waals surface area contributed by atoms with Gasteiger partial charge in [-0.1, -0.05) is 45.4 Å². The Bertz CT molecular complexity index is 376. The van der Waals surface area contributed by atoms with E-state index in [0.717, 1.165) is 13.0 Å². The van der Waals surface area contributed by atoms with Gasteiger partial charge in [0.25, 0.3) is 0 Å². The molecule has 0 aliphatic carbocycles. The van der Waals surface area contributed by atoms with Gasteiger partial charge in [-0.05, 0) is 20.3 Å². The van der Waals surface area contributed by atoms with Gasteiger partial charge in [-0.25, -0.2) is 4.79 Å². The molecule has 1 aromatic rings. The van der Waals surface area contributed by atoms with Crippen LogP contribution in [0.15, 0.2) is 17.2 Å². The van der Waals surface area contributed by atoms with E-state index in [1.807, 2.05) is 30.8 Å². The second-order valence-electron chi connectivity index (χ2n) is 5.40. The molecule has 0 spiro atoms. The van der Waals surface area contributed by atoms with Gasteiger partial charge in [-0.3, -0.25) is 9.13 Å². The minimum absolute atomic E-state index is 0.135. The van der Waals surface area contributed by atoms with Crippen LogP contribution in [-0.2, 0) is 6.54 Å². The van der Waals surface area contributed by atoms with Crippen LogP contribution >= 0.6 is 0 Å². The zero-order valence-corrected chi connectivity index (χ0v) is 12.2. The normalized spacial score (nSPS) is 11.3. The van der Waals surface area contributed by atoms with Gasteiger partial charge in [0, 0.05) is 25.0 Å². The van der Waals surface area contributed by atoms with Crippen LogP contribution in [0.3, 0.4) is 0 Å². The predicted octanol–water partition coefficient (Wildman–Crippen LogP) is 3.98. The van der Waals surface area contributed by atoms with Crippen LogP contribution in [0, 0.1) is 0 Å². The van der Waals surface area contributed by atoms with Gasteiger partial charge >= 0.3 is 5.69 Å². The van der Waals surface area contributed by atoms with Crippen LogP contribution in [0.1, 0.15) is 71.8 Å². The highest BCUT2D eigenvalue weighted by Crippen LogP contribution is 2.07. The van der Waals surface area contributed by atoms with Gasteiger partial charge in [0.15, 0.2) is 0 Å². The molecule has 0 atom stereocenters. The standard InChI is InChI=1S/C15H28N2O/c1-4-5-6-7-8-9-10-11-16-12-13-17(14(2)3)15(16)18/h12-14H,4-11H2,1-3H3. The number of unbranched alkanes of at least 4 members (excludes halogenated alkanes) is 6. The van der Waals surface area contributed by atoms with Crippen LogP contribution in [0.25, 0.3) is 0 Å². The molecule has 0 N–H and O–H groups in total. The molecular formula is C15H28N2O. The molecule has 3 heteroatoms. The molecule has 1 rings (SSSR count). The Morgan fingerprint density at radius 3 is 2.17 bits per heavy atom. The zero-order chi connectivity index (χ0) is 13.4. The Kier molecular flexibility index (Phi) is 6.84. The molecule has 104 valence electrons. The van der Waals surface area contributed by atoms with E-state index in [9.17, 15) is 4.79 Å². The Morgan fingerprint density at radius 1 is 1.00 bits per heavy atom. The molecule has 0 aliphatic heterocycles. The molecule has 0 aliphatic rings. The number of hydrogen-bond acceptors (Lipinski definition) is 1. The quantitative estimate of drug-likeness (QED) is 0.611. The van der Waals surface area contributed by atoms with E-state index in [0.29, 0.717) is 0 Å². The van der Waals surface area contributed by atoms with Crippen molar-refractivity contribution in [2.75, 3.05) is 0 Å². The number of hydrogen-bond donors (Lipinski definition) is 0. The number of nitrogens with zero attached hydrogens (tertiary/aromatic N) is 2. The first-order chi connectivity index (χ1) is 8.66. The highest BCUT2D eigenvalue weighted by molar-refractivity contribution is 4.83. The number of imidazole rings is 1. The fourth-order valence-corrected chi connectivity index (χ4v) is 2.23. The van der Waals surface area contributed by atoms with Crippen LogP contribution in [0.5, 0.6) is 0 Å². The van der Waals surface area contributed by atoms with E-state index in [4.69, 9.17) is 0 Å². The van der Waals surface area contributed by atoms with Crippen LogP contribution in [-0.4, -0.2) is 9.13 Å². The third-order valence-electron chi connectivity index (χ3n) is 3.43. The molecule has 0 aromatic carbocycles. The maximum atomic E-state index is 11.9. The van der Waals surface area contributed by atoms with Crippen molar-refractivity contribution >= 4 is 0 Å². The first kappa shape index (κ1) is 15.1. The molecule has 18 heavy (non-hydrogen) atoms. The molecule has 0 fully saturated rings. The molecule has 1 heterocycles. The van der Waals surface area contributed by atoms with E-state index in [-0.39, 0.29) is 11.7 Å². The third kappa shape index (κ3) is 4.71. The van der Waals surface area contributed by atoms with Gasteiger partial charge in [0.05, 0.1) is 0 Å². The van der Waals surface area contributed by atoms with Crippen molar-refractivity contribution in [1.29, 1.82) is 0 Å². The smallest absolute Gasteiger partial charge is 0.299 e. The van der Waals surface area contributed by atoms with Crippen molar-refractivity contribution in [2.24, 2.45) is 0 Å². The van der Waals surface area contributed by atoms with E-state index >= 15 is 0 Å². The third-order valence-corrected chi connectivity index (χ3v) is 3.43. The SMILES string of the molecule is CCCCCCCCCn1ccn(C(C)C)c1=O. The molecular weight excluding hydrogens is 224 g/mol. The fraction of sp³-hybridized carbons (Fsp3) is 0.800. The van der Waals surface area contributed by atoms with Gasteiger partial charge in [-0.2, -0.15) is 0 Å². The summed E-state index contributed by atoms with van der Waals surface area (Å²) in [6.45, 7) is 7.19. The summed E-state index contributed by atoms with van der Waals surface area (Å²) in [4.78, 5) is 11.9. The summed E-state index contributed by atoms with van der Waals surface area (Å²) in [5, 5.41) is 0. The lowest BCUT2D eigenvalue weighted by Crippen LogP contribution is -2.25. The van der Waals surface area contributed by atoms with Crippen LogP contribution < -0.4 is 5.69 Å². The lowest BCUT2D eigenvalue weighted by Gasteiger charge is -2.05. The van der Waals surface area contributed by atoms with Crippen molar-refractivity contribution in [3.8, 4) is 0 Å². The maximum Gasteiger partial charge on any atom is 0.328 e. The second-order valence-corrected chi connectivity index (χ2v) is 5.40. The van der Waals surface area contributed by atoms with E-state index in [2.05, 4.69) is 6.92 Å².